The summed E-state index contributed by atoms with van der Waals surface area (Å²) in [4.78, 5) is 2.01. The molecule has 1 heterocycles. The molecular weight excluding hydrogens is 286 g/mol. The van der Waals surface area contributed by atoms with Crippen LogP contribution in [0.5, 0.6) is 0 Å². The quantitative estimate of drug-likeness (QED) is 0.798. The van der Waals surface area contributed by atoms with Gasteiger partial charge in [-0.05, 0) is 29.3 Å². The summed E-state index contributed by atoms with van der Waals surface area (Å²) in [7, 11) is 0. The summed E-state index contributed by atoms with van der Waals surface area (Å²) in [5.74, 6) is -0.435. The number of nitrogens with two attached hydrogens (primary N) is 1. The Morgan fingerprint density at radius 1 is 1.11 bits per heavy atom. The molecule has 0 atom stereocenters. The zero-order valence-electron chi connectivity index (χ0n) is 9.96. The monoisotopic (exact) mass is 296 g/mol. The minimum absolute atomic E-state index is 0.316. The smallest absolute Gasteiger partial charge is 0.126 e. The molecule has 2 nitrogen and oxygen atoms in total. The van der Waals surface area contributed by atoms with Gasteiger partial charge in [0.25, 0.3) is 0 Å². The van der Waals surface area contributed by atoms with Crippen molar-refractivity contribution in [2.75, 3.05) is 10.6 Å². The second-order valence-electron chi connectivity index (χ2n) is 4.56. The Morgan fingerprint density at radius 2 is 1.79 bits per heavy atom. The van der Waals surface area contributed by atoms with Crippen LogP contribution in [0.3, 0.4) is 0 Å². The van der Waals surface area contributed by atoms with Gasteiger partial charge in [0.05, 0.1) is 15.7 Å². The van der Waals surface area contributed by atoms with E-state index in [1.54, 1.807) is 0 Å². The predicted octanol–water partition coefficient (Wildman–Crippen LogP) is 4.23. The lowest BCUT2D eigenvalue weighted by Crippen LogP contribution is -2.15. The van der Waals surface area contributed by atoms with Crippen LogP contribution < -0.4 is 10.6 Å². The number of halogens is 3. The third kappa shape index (κ3) is 2.13. The highest BCUT2D eigenvalue weighted by molar-refractivity contribution is 6.39. The molecule has 0 unspecified atom stereocenters. The van der Waals surface area contributed by atoms with E-state index in [1.165, 1.54) is 12.1 Å². The average Bonchev–Trinajstić information content (AvgIpc) is 2.72. The zero-order chi connectivity index (χ0) is 13.6. The Kier molecular flexibility index (Phi) is 3.03. The van der Waals surface area contributed by atoms with E-state index in [-0.39, 0.29) is 0 Å². The van der Waals surface area contributed by atoms with E-state index in [9.17, 15) is 4.39 Å². The minimum atomic E-state index is -0.435. The highest BCUT2D eigenvalue weighted by atomic mass is 35.5. The van der Waals surface area contributed by atoms with Gasteiger partial charge in [0, 0.05) is 18.8 Å². The number of hydrogen-bond acceptors (Lipinski definition) is 2. The maximum atomic E-state index is 13.2. The van der Waals surface area contributed by atoms with E-state index in [2.05, 4.69) is 0 Å². The van der Waals surface area contributed by atoms with Gasteiger partial charge in [-0.15, -0.1) is 0 Å². The molecule has 0 spiro atoms. The molecular formula is C14H11Cl2FN2. The number of hydrogen-bond donors (Lipinski definition) is 1. The molecule has 0 saturated heterocycles. The van der Waals surface area contributed by atoms with E-state index >= 15 is 0 Å². The van der Waals surface area contributed by atoms with Gasteiger partial charge in [0.15, 0.2) is 0 Å². The van der Waals surface area contributed by atoms with E-state index in [0.717, 1.165) is 16.8 Å². The van der Waals surface area contributed by atoms with Crippen LogP contribution in [-0.2, 0) is 13.1 Å². The molecule has 98 valence electrons. The number of benzene rings is 2. The fourth-order valence-electron chi connectivity index (χ4n) is 2.44. The summed E-state index contributed by atoms with van der Waals surface area (Å²) in [5, 5.41) is 0.632. The van der Waals surface area contributed by atoms with Crippen LogP contribution in [0.15, 0.2) is 30.3 Å². The van der Waals surface area contributed by atoms with E-state index in [4.69, 9.17) is 28.9 Å². The molecule has 1 aliphatic heterocycles. The number of anilines is 2. The molecule has 3 rings (SSSR count). The van der Waals surface area contributed by atoms with Gasteiger partial charge in [-0.2, -0.15) is 0 Å². The molecule has 0 bridgehead atoms. The molecule has 19 heavy (non-hydrogen) atoms. The maximum absolute atomic E-state index is 13.2. The SMILES string of the molecule is Nc1cccc2c1CN(c1c(Cl)cc(F)cc1Cl)C2. The Balaban J connectivity index is 2.02. The lowest BCUT2D eigenvalue weighted by molar-refractivity contribution is 0.627. The van der Waals surface area contributed by atoms with Crippen LogP contribution in [0.4, 0.5) is 15.8 Å². The van der Waals surface area contributed by atoms with Gasteiger partial charge in [-0.1, -0.05) is 35.3 Å². The highest BCUT2D eigenvalue weighted by Gasteiger charge is 2.24. The number of nitrogens with zero attached hydrogens (tertiary/aromatic N) is 1. The van der Waals surface area contributed by atoms with Gasteiger partial charge in [0.2, 0.25) is 0 Å². The van der Waals surface area contributed by atoms with Gasteiger partial charge < -0.3 is 10.6 Å². The lowest BCUT2D eigenvalue weighted by Gasteiger charge is -2.20. The summed E-state index contributed by atoms with van der Waals surface area (Å²) in [5.41, 5.74) is 9.60. The predicted molar refractivity (Wildman–Crippen MR) is 77.2 cm³/mol. The van der Waals surface area contributed by atoms with Crippen molar-refractivity contribution in [2.45, 2.75) is 13.1 Å². The first-order valence-corrected chi connectivity index (χ1v) is 6.57. The topological polar surface area (TPSA) is 29.3 Å². The first kappa shape index (κ1) is 12.6. The van der Waals surface area contributed by atoms with Crippen LogP contribution in [0.2, 0.25) is 10.0 Å². The van der Waals surface area contributed by atoms with E-state index in [1.807, 2.05) is 23.1 Å². The second kappa shape index (κ2) is 4.58. The molecule has 2 N–H and O–H groups in total. The molecule has 0 aliphatic carbocycles. The Bertz CT molecular complexity index is 635. The molecule has 0 saturated carbocycles. The van der Waals surface area contributed by atoms with Crippen molar-refractivity contribution in [3.8, 4) is 0 Å². The minimum Gasteiger partial charge on any atom is -0.398 e. The number of fused-ring (bicyclic) bond motifs is 1. The van der Waals surface area contributed by atoms with Crippen molar-refractivity contribution in [1.82, 2.24) is 0 Å². The third-order valence-corrected chi connectivity index (χ3v) is 3.89. The van der Waals surface area contributed by atoms with Crippen LogP contribution >= 0.6 is 23.2 Å². The molecule has 0 fully saturated rings. The van der Waals surface area contributed by atoms with Gasteiger partial charge in [0.1, 0.15) is 5.82 Å². The van der Waals surface area contributed by atoms with E-state index < -0.39 is 5.82 Å². The summed E-state index contributed by atoms with van der Waals surface area (Å²) >= 11 is 12.2. The zero-order valence-corrected chi connectivity index (χ0v) is 11.5. The van der Waals surface area contributed by atoms with Crippen LogP contribution in [-0.4, -0.2) is 0 Å². The van der Waals surface area contributed by atoms with Crippen molar-refractivity contribution in [3.63, 3.8) is 0 Å². The molecule has 0 amide bonds. The van der Waals surface area contributed by atoms with Crippen LogP contribution in [0.1, 0.15) is 11.1 Å². The molecule has 1 aliphatic rings. The van der Waals surface area contributed by atoms with Crippen molar-refractivity contribution < 1.29 is 4.39 Å². The summed E-state index contributed by atoms with van der Waals surface area (Å²) in [6.45, 7) is 1.30. The van der Waals surface area contributed by atoms with Crippen molar-refractivity contribution in [2.24, 2.45) is 0 Å². The Hall–Kier alpha value is -1.45. The lowest BCUT2D eigenvalue weighted by atomic mass is 10.1. The molecule has 0 radical (unpaired) electrons. The summed E-state index contributed by atoms with van der Waals surface area (Å²) in [6, 6.07) is 8.36. The van der Waals surface area contributed by atoms with Crippen LogP contribution in [0.25, 0.3) is 0 Å². The fourth-order valence-corrected chi connectivity index (χ4v) is 3.14. The largest absolute Gasteiger partial charge is 0.398 e. The van der Waals surface area contributed by atoms with Gasteiger partial charge in [-0.25, -0.2) is 4.39 Å². The standard InChI is InChI=1S/C14H11Cl2FN2/c15-11-4-9(17)5-12(16)14(11)19-6-8-2-1-3-13(18)10(8)7-19/h1-5H,6-7,18H2. The highest BCUT2D eigenvalue weighted by Crippen LogP contribution is 2.40. The molecule has 0 aromatic heterocycles. The Morgan fingerprint density at radius 3 is 2.42 bits per heavy atom. The summed E-state index contributed by atoms with van der Waals surface area (Å²) < 4.78 is 13.2. The Labute approximate surface area is 120 Å². The van der Waals surface area contributed by atoms with Gasteiger partial charge in [-0.3, -0.25) is 0 Å². The molecule has 5 heteroatoms. The first-order chi connectivity index (χ1) is 9.06. The summed E-state index contributed by atoms with van der Waals surface area (Å²) in [6.07, 6.45) is 0. The maximum Gasteiger partial charge on any atom is 0.126 e. The molecule has 2 aromatic rings. The van der Waals surface area contributed by atoms with Crippen molar-refractivity contribution >= 4 is 34.6 Å². The van der Waals surface area contributed by atoms with E-state index in [0.29, 0.717) is 28.8 Å². The van der Waals surface area contributed by atoms with Crippen molar-refractivity contribution in [1.29, 1.82) is 0 Å². The van der Waals surface area contributed by atoms with Gasteiger partial charge >= 0.3 is 0 Å². The first-order valence-electron chi connectivity index (χ1n) is 5.82. The number of nitrogen functional groups attached to an aromatic ring is 1. The molecule has 2 aromatic carbocycles. The second-order valence-corrected chi connectivity index (χ2v) is 5.37. The van der Waals surface area contributed by atoms with Crippen LogP contribution in [0, 0.1) is 5.82 Å². The average molecular weight is 297 g/mol. The normalized spacial score (nSPS) is 13.7. The van der Waals surface area contributed by atoms with Crippen molar-refractivity contribution in [3.05, 3.63) is 57.3 Å². The number of rotatable bonds is 1. The fraction of sp³-hybridized carbons (Fsp3) is 0.143. The third-order valence-electron chi connectivity index (χ3n) is 3.32.